The normalized spacial score (nSPS) is 20.1. The Morgan fingerprint density at radius 2 is 2.21 bits per heavy atom. The Labute approximate surface area is 140 Å². The number of rotatable bonds is 5. The second kappa shape index (κ2) is 7.37. The van der Waals surface area contributed by atoms with E-state index in [1.807, 2.05) is 36.5 Å². The smallest absolute Gasteiger partial charge is 0.238 e. The van der Waals surface area contributed by atoms with Crippen molar-refractivity contribution in [2.24, 2.45) is 0 Å². The number of hydrogen-bond donors (Lipinski definition) is 3. The van der Waals surface area contributed by atoms with Gasteiger partial charge in [0, 0.05) is 11.3 Å². The van der Waals surface area contributed by atoms with Crippen LogP contribution in [-0.2, 0) is 4.79 Å². The molecule has 0 radical (unpaired) electrons. The van der Waals surface area contributed by atoms with E-state index in [0.29, 0.717) is 17.8 Å². The van der Waals surface area contributed by atoms with Crippen LogP contribution in [0.1, 0.15) is 18.9 Å². The van der Waals surface area contributed by atoms with Gasteiger partial charge in [-0.25, -0.2) is 4.68 Å². The van der Waals surface area contributed by atoms with Crippen LogP contribution in [0.25, 0.3) is 11.3 Å². The van der Waals surface area contributed by atoms with Crippen molar-refractivity contribution in [1.82, 2.24) is 20.3 Å². The van der Waals surface area contributed by atoms with E-state index < -0.39 is 6.10 Å². The first kappa shape index (κ1) is 16.4. The Bertz CT molecular complexity index is 740. The number of nitrogens with zero attached hydrogens (tertiary/aromatic N) is 3. The van der Waals surface area contributed by atoms with Crippen molar-refractivity contribution in [2.75, 3.05) is 18.9 Å². The molecular formula is C17H21N5O2. The summed E-state index contributed by atoms with van der Waals surface area (Å²) >= 11 is 0. The summed E-state index contributed by atoms with van der Waals surface area (Å²) < 4.78 is 1.72. The molecule has 1 aromatic heterocycles. The van der Waals surface area contributed by atoms with Crippen LogP contribution in [0.15, 0.2) is 42.6 Å². The molecular weight excluding hydrogens is 306 g/mol. The first-order valence-corrected chi connectivity index (χ1v) is 7.97. The summed E-state index contributed by atoms with van der Waals surface area (Å²) in [6.45, 7) is 0.257. The minimum atomic E-state index is -0.447. The quantitative estimate of drug-likeness (QED) is 0.721. The molecule has 1 aromatic carbocycles. The number of carbonyl (C=O) groups excluding carboxylic acids is 1. The van der Waals surface area contributed by atoms with Gasteiger partial charge in [0.05, 0.1) is 24.9 Å². The second-order valence-corrected chi connectivity index (χ2v) is 5.82. The maximum atomic E-state index is 11.7. The molecule has 3 rings (SSSR count). The van der Waals surface area contributed by atoms with Gasteiger partial charge in [-0.3, -0.25) is 4.79 Å². The van der Waals surface area contributed by atoms with Crippen LogP contribution >= 0.6 is 0 Å². The van der Waals surface area contributed by atoms with E-state index >= 15 is 0 Å². The summed E-state index contributed by atoms with van der Waals surface area (Å²) in [4.78, 5) is 11.7. The number of allylic oxidation sites excluding steroid dienone is 1. The van der Waals surface area contributed by atoms with Crippen molar-refractivity contribution in [2.45, 2.75) is 25.0 Å². The maximum Gasteiger partial charge on any atom is 0.238 e. The largest absolute Gasteiger partial charge is 0.391 e. The molecule has 0 saturated heterocycles. The minimum absolute atomic E-state index is 0.0882. The lowest BCUT2D eigenvalue weighted by atomic mass is 9.99. The van der Waals surface area contributed by atoms with E-state index in [0.717, 1.165) is 12.0 Å². The zero-order chi connectivity index (χ0) is 16.9. The molecule has 1 aliphatic carbocycles. The highest BCUT2D eigenvalue weighted by atomic mass is 16.3. The molecule has 24 heavy (non-hydrogen) atoms. The SMILES string of the molecule is CNCC(=O)Nc1cccc(-c2cn([C@@H]3CC=CC[C@H]3O)nn2)c1. The van der Waals surface area contributed by atoms with Gasteiger partial charge in [-0.05, 0) is 32.0 Å². The topological polar surface area (TPSA) is 92.1 Å². The molecule has 0 saturated carbocycles. The van der Waals surface area contributed by atoms with Gasteiger partial charge in [0.1, 0.15) is 5.69 Å². The maximum absolute atomic E-state index is 11.7. The number of aliphatic hydroxyl groups excluding tert-OH is 1. The predicted octanol–water partition coefficient (Wildman–Crippen LogP) is 1.35. The summed E-state index contributed by atoms with van der Waals surface area (Å²) in [5.41, 5.74) is 2.29. The Kier molecular flexibility index (Phi) is 5.02. The lowest BCUT2D eigenvalue weighted by Gasteiger charge is -2.23. The Hall–Kier alpha value is -2.51. The molecule has 0 aliphatic heterocycles. The van der Waals surface area contributed by atoms with Crippen LogP contribution < -0.4 is 10.6 Å². The number of hydrogen-bond acceptors (Lipinski definition) is 5. The molecule has 2 atom stereocenters. The summed E-state index contributed by atoms with van der Waals surface area (Å²) in [5.74, 6) is -0.101. The average molecular weight is 327 g/mol. The van der Waals surface area contributed by atoms with E-state index in [1.54, 1.807) is 11.7 Å². The molecule has 126 valence electrons. The van der Waals surface area contributed by atoms with E-state index in [9.17, 15) is 9.90 Å². The molecule has 0 spiro atoms. The van der Waals surface area contributed by atoms with Crippen LogP contribution in [0.3, 0.4) is 0 Å². The van der Waals surface area contributed by atoms with Crippen LogP contribution in [-0.4, -0.2) is 45.7 Å². The highest BCUT2D eigenvalue weighted by Gasteiger charge is 2.23. The van der Waals surface area contributed by atoms with Gasteiger partial charge in [0.15, 0.2) is 0 Å². The Morgan fingerprint density at radius 1 is 1.38 bits per heavy atom. The van der Waals surface area contributed by atoms with Crippen molar-refractivity contribution in [3.8, 4) is 11.3 Å². The van der Waals surface area contributed by atoms with Gasteiger partial charge in [0.25, 0.3) is 0 Å². The van der Waals surface area contributed by atoms with Crippen LogP contribution in [0, 0.1) is 0 Å². The highest BCUT2D eigenvalue weighted by molar-refractivity contribution is 5.92. The van der Waals surface area contributed by atoms with Gasteiger partial charge < -0.3 is 15.7 Å². The van der Waals surface area contributed by atoms with E-state index in [-0.39, 0.29) is 18.5 Å². The van der Waals surface area contributed by atoms with Crippen molar-refractivity contribution < 1.29 is 9.90 Å². The molecule has 0 unspecified atom stereocenters. The van der Waals surface area contributed by atoms with Crippen molar-refractivity contribution >= 4 is 11.6 Å². The number of aromatic nitrogens is 3. The Balaban J connectivity index is 1.77. The number of nitrogens with one attached hydrogen (secondary N) is 2. The molecule has 0 fully saturated rings. The lowest BCUT2D eigenvalue weighted by Crippen LogP contribution is -2.25. The minimum Gasteiger partial charge on any atom is -0.391 e. The van der Waals surface area contributed by atoms with E-state index in [2.05, 4.69) is 27.0 Å². The van der Waals surface area contributed by atoms with E-state index in [1.165, 1.54) is 0 Å². The molecule has 7 nitrogen and oxygen atoms in total. The molecule has 1 heterocycles. The van der Waals surface area contributed by atoms with Crippen molar-refractivity contribution in [3.63, 3.8) is 0 Å². The first-order chi connectivity index (χ1) is 11.7. The first-order valence-electron chi connectivity index (χ1n) is 7.97. The fourth-order valence-electron chi connectivity index (χ4n) is 2.76. The molecule has 3 N–H and O–H groups in total. The summed E-state index contributed by atoms with van der Waals surface area (Å²) in [6, 6.07) is 7.38. The van der Waals surface area contributed by atoms with Gasteiger partial charge in [0.2, 0.25) is 5.91 Å². The third kappa shape index (κ3) is 3.69. The van der Waals surface area contributed by atoms with Gasteiger partial charge in [-0.1, -0.05) is 29.5 Å². The summed E-state index contributed by atoms with van der Waals surface area (Å²) in [5, 5.41) is 24.1. The highest BCUT2D eigenvalue weighted by Crippen LogP contribution is 2.26. The third-order valence-electron chi connectivity index (χ3n) is 4.00. The van der Waals surface area contributed by atoms with Crippen molar-refractivity contribution in [1.29, 1.82) is 0 Å². The molecule has 2 aromatic rings. The third-order valence-corrected chi connectivity index (χ3v) is 4.00. The van der Waals surface area contributed by atoms with Crippen LogP contribution in [0.5, 0.6) is 0 Å². The van der Waals surface area contributed by atoms with Gasteiger partial charge in [-0.15, -0.1) is 5.10 Å². The number of aliphatic hydroxyl groups is 1. The number of carbonyl (C=O) groups is 1. The summed E-state index contributed by atoms with van der Waals surface area (Å²) in [7, 11) is 1.73. The fourth-order valence-corrected chi connectivity index (χ4v) is 2.76. The Morgan fingerprint density at radius 3 is 3.00 bits per heavy atom. The number of anilines is 1. The van der Waals surface area contributed by atoms with Gasteiger partial charge in [-0.2, -0.15) is 0 Å². The van der Waals surface area contributed by atoms with Crippen LogP contribution in [0.4, 0.5) is 5.69 Å². The predicted molar refractivity (Wildman–Crippen MR) is 91.4 cm³/mol. The average Bonchev–Trinajstić information content (AvgIpc) is 3.05. The summed E-state index contributed by atoms with van der Waals surface area (Å²) in [6.07, 6.45) is 6.79. The number of amides is 1. The van der Waals surface area contributed by atoms with Crippen LogP contribution in [0.2, 0.25) is 0 Å². The standard InChI is InChI=1S/C17H21N5O2/c1-18-10-17(24)19-13-6-4-5-12(9-13)14-11-22(21-20-14)15-7-2-3-8-16(15)23/h2-6,9,11,15-16,18,23H,7-8,10H2,1H3,(H,19,24)/t15-,16-/m1/s1. The monoisotopic (exact) mass is 327 g/mol. The second-order valence-electron chi connectivity index (χ2n) is 5.82. The van der Waals surface area contributed by atoms with E-state index in [4.69, 9.17) is 0 Å². The van der Waals surface area contributed by atoms with Crippen molar-refractivity contribution in [3.05, 3.63) is 42.6 Å². The number of benzene rings is 1. The lowest BCUT2D eigenvalue weighted by molar-refractivity contribution is -0.115. The fraction of sp³-hybridized carbons (Fsp3) is 0.353. The molecule has 1 amide bonds. The molecule has 7 heteroatoms. The number of likely N-dealkylation sites (N-methyl/N-ethyl adjacent to an activating group) is 1. The zero-order valence-electron chi connectivity index (χ0n) is 13.5. The molecule has 0 bridgehead atoms. The zero-order valence-corrected chi connectivity index (χ0v) is 13.5. The molecule has 1 aliphatic rings. The van der Waals surface area contributed by atoms with Gasteiger partial charge >= 0.3 is 0 Å².